The quantitative estimate of drug-likeness (QED) is 0.735. The van der Waals surface area contributed by atoms with Gasteiger partial charge in [0.05, 0.1) is 6.54 Å². The van der Waals surface area contributed by atoms with Crippen molar-refractivity contribution in [2.45, 2.75) is 19.5 Å². The van der Waals surface area contributed by atoms with Crippen LogP contribution < -0.4 is 5.32 Å². The summed E-state index contributed by atoms with van der Waals surface area (Å²) in [5, 5.41) is 5.35. The number of fused-ring (bicyclic) bond motifs is 1. The number of nitrogens with one attached hydrogen (secondary N) is 1. The van der Waals surface area contributed by atoms with E-state index in [1.54, 1.807) is 0 Å². The van der Waals surface area contributed by atoms with E-state index in [4.69, 9.17) is 16.0 Å². The Balaban J connectivity index is 1.69. The third-order valence-corrected chi connectivity index (χ3v) is 3.64. The molecule has 0 saturated carbocycles. The molecule has 0 bridgehead atoms. The Hall–Kier alpha value is -1.77. The summed E-state index contributed by atoms with van der Waals surface area (Å²) >= 11 is 6.01. The van der Waals surface area contributed by atoms with Gasteiger partial charge in [-0.1, -0.05) is 41.9 Å². The fourth-order valence-corrected chi connectivity index (χ4v) is 2.47. The second kappa shape index (κ2) is 5.70. The Bertz CT molecular complexity index is 687. The summed E-state index contributed by atoms with van der Waals surface area (Å²) in [6, 6.07) is 18.3. The third-order valence-electron chi connectivity index (χ3n) is 3.41. The summed E-state index contributed by atoms with van der Waals surface area (Å²) < 4.78 is 5.79. The second-order valence-corrected chi connectivity index (χ2v) is 5.34. The second-order valence-electron chi connectivity index (χ2n) is 4.91. The van der Waals surface area contributed by atoms with Gasteiger partial charge in [-0.05, 0) is 36.8 Å². The molecule has 102 valence electrons. The minimum absolute atomic E-state index is 0.224. The maximum atomic E-state index is 6.01. The number of furan rings is 1. The molecule has 3 rings (SSSR count). The summed E-state index contributed by atoms with van der Waals surface area (Å²) in [4.78, 5) is 0. The van der Waals surface area contributed by atoms with Gasteiger partial charge >= 0.3 is 0 Å². The Labute approximate surface area is 123 Å². The molecule has 1 N–H and O–H groups in total. The Morgan fingerprint density at radius 2 is 1.95 bits per heavy atom. The summed E-state index contributed by atoms with van der Waals surface area (Å²) in [7, 11) is 0. The van der Waals surface area contributed by atoms with Crippen molar-refractivity contribution < 1.29 is 4.42 Å². The predicted molar refractivity (Wildman–Crippen MR) is 82.9 cm³/mol. The summed E-state index contributed by atoms with van der Waals surface area (Å²) in [6.07, 6.45) is 0. The van der Waals surface area contributed by atoms with E-state index in [1.807, 2.05) is 36.4 Å². The Morgan fingerprint density at radius 1 is 1.10 bits per heavy atom. The Morgan fingerprint density at radius 3 is 2.75 bits per heavy atom. The average Bonchev–Trinajstić information content (AvgIpc) is 2.87. The molecule has 2 nitrogen and oxygen atoms in total. The van der Waals surface area contributed by atoms with Crippen molar-refractivity contribution in [3.8, 4) is 0 Å². The molecule has 0 unspecified atom stereocenters. The van der Waals surface area contributed by atoms with Crippen LogP contribution in [0.3, 0.4) is 0 Å². The van der Waals surface area contributed by atoms with Crippen LogP contribution in [0.5, 0.6) is 0 Å². The molecular formula is C17H16ClNO. The van der Waals surface area contributed by atoms with Gasteiger partial charge < -0.3 is 9.73 Å². The molecule has 2 aromatic carbocycles. The minimum atomic E-state index is 0.224. The van der Waals surface area contributed by atoms with Crippen LogP contribution in [0.4, 0.5) is 0 Å². The molecule has 0 saturated heterocycles. The molecule has 0 aliphatic rings. The normalized spacial score (nSPS) is 12.7. The first-order chi connectivity index (χ1) is 9.72. The molecule has 0 radical (unpaired) electrons. The molecule has 3 aromatic rings. The molecule has 20 heavy (non-hydrogen) atoms. The molecule has 1 aromatic heterocycles. The highest BCUT2D eigenvalue weighted by Crippen LogP contribution is 2.21. The topological polar surface area (TPSA) is 25.2 Å². The van der Waals surface area contributed by atoms with E-state index < -0.39 is 0 Å². The van der Waals surface area contributed by atoms with E-state index in [-0.39, 0.29) is 6.04 Å². The van der Waals surface area contributed by atoms with Crippen molar-refractivity contribution >= 4 is 22.6 Å². The van der Waals surface area contributed by atoms with Crippen molar-refractivity contribution in [2.24, 2.45) is 0 Å². The van der Waals surface area contributed by atoms with Gasteiger partial charge in [-0.3, -0.25) is 0 Å². The van der Waals surface area contributed by atoms with Crippen LogP contribution in [0.25, 0.3) is 11.0 Å². The maximum absolute atomic E-state index is 6.01. The fraction of sp³-hybridized carbons (Fsp3) is 0.176. The zero-order valence-electron chi connectivity index (χ0n) is 11.3. The van der Waals surface area contributed by atoms with Gasteiger partial charge in [0.2, 0.25) is 0 Å². The van der Waals surface area contributed by atoms with Gasteiger partial charge in [-0.2, -0.15) is 0 Å². The molecule has 1 atom stereocenters. The zero-order chi connectivity index (χ0) is 13.9. The van der Waals surface area contributed by atoms with Crippen molar-refractivity contribution in [1.29, 1.82) is 0 Å². The number of para-hydroxylation sites is 1. The van der Waals surface area contributed by atoms with Crippen molar-refractivity contribution in [3.05, 3.63) is 70.9 Å². The lowest BCUT2D eigenvalue weighted by Crippen LogP contribution is -2.17. The number of benzene rings is 2. The molecule has 0 aliphatic heterocycles. The lowest BCUT2D eigenvalue weighted by atomic mass is 10.1. The molecule has 1 heterocycles. The standard InChI is InChI=1S/C17H16ClNO/c1-12(13-6-4-7-15(18)9-13)19-11-16-10-14-5-2-3-8-17(14)20-16/h2-10,12,19H,11H2,1H3/t12-/m0/s1. The summed E-state index contributed by atoms with van der Waals surface area (Å²) in [6.45, 7) is 2.82. The molecule has 0 fully saturated rings. The number of hydrogen-bond donors (Lipinski definition) is 1. The third kappa shape index (κ3) is 2.87. The van der Waals surface area contributed by atoms with E-state index in [0.29, 0.717) is 6.54 Å². The summed E-state index contributed by atoms with van der Waals surface area (Å²) in [5.41, 5.74) is 2.10. The van der Waals surface area contributed by atoms with Gasteiger partial charge in [0, 0.05) is 16.5 Å². The predicted octanol–water partition coefficient (Wildman–Crippen LogP) is 4.94. The highest BCUT2D eigenvalue weighted by Gasteiger charge is 2.07. The first-order valence-electron chi connectivity index (χ1n) is 6.69. The summed E-state index contributed by atoms with van der Waals surface area (Å²) in [5.74, 6) is 0.945. The van der Waals surface area contributed by atoms with Gasteiger partial charge in [0.1, 0.15) is 11.3 Å². The first kappa shape index (κ1) is 13.2. The van der Waals surface area contributed by atoms with Gasteiger partial charge in [-0.15, -0.1) is 0 Å². The van der Waals surface area contributed by atoms with Crippen LogP contribution in [0.15, 0.2) is 59.0 Å². The molecule has 3 heteroatoms. The number of rotatable bonds is 4. The van der Waals surface area contributed by atoms with Crippen LogP contribution in [0, 0.1) is 0 Å². The molecular weight excluding hydrogens is 270 g/mol. The highest BCUT2D eigenvalue weighted by atomic mass is 35.5. The largest absolute Gasteiger partial charge is 0.460 e. The fourth-order valence-electron chi connectivity index (χ4n) is 2.27. The van der Waals surface area contributed by atoms with Crippen LogP contribution >= 0.6 is 11.6 Å². The van der Waals surface area contributed by atoms with Crippen molar-refractivity contribution in [3.63, 3.8) is 0 Å². The molecule has 0 amide bonds. The minimum Gasteiger partial charge on any atom is -0.460 e. The average molecular weight is 286 g/mol. The SMILES string of the molecule is C[C@H](NCc1cc2ccccc2o1)c1cccc(Cl)c1. The smallest absolute Gasteiger partial charge is 0.134 e. The van der Waals surface area contributed by atoms with Crippen LogP contribution in [0.1, 0.15) is 24.3 Å². The number of hydrogen-bond acceptors (Lipinski definition) is 2. The lowest BCUT2D eigenvalue weighted by molar-refractivity contribution is 0.482. The molecule has 0 aliphatic carbocycles. The maximum Gasteiger partial charge on any atom is 0.134 e. The van der Waals surface area contributed by atoms with Gasteiger partial charge in [-0.25, -0.2) is 0 Å². The van der Waals surface area contributed by atoms with E-state index in [0.717, 1.165) is 21.8 Å². The van der Waals surface area contributed by atoms with Crippen LogP contribution in [0.2, 0.25) is 5.02 Å². The Kier molecular flexibility index (Phi) is 3.77. The van der Waals surface area contributed by atoms with Crippen molar-refractivity contribution in [1.82, 2.24) is 5.32 Å². The van der Waals surface area contributed by atoms with E-state index >= 15 is 0 Å². The van der Waals surface area contributed by atoms with Crippen LogP contribution in [-0.2, 0) is 6.54 Å². The van der Waals surface area contributed by atoms with E-state index in [9.17, 15) is 0 Å². The highest BCUT2D eigenvalue weighted by molar-refractivity contribution is 6.30. The first-order valence-corrected chi connectivity index (χ1v) is 7.06. The number of halogens is 1. The van der Waals surface area contributed by atoms with Gasteiger partial charge in [0.25, 0.3) is 0 Å². The van der Waals surface area contributed by atoms with Crippen LogP contribution in [-0.4, -0.2) is 0 Å². The molecule has 0 spiro atoms. The lowest BCUT2D eigenvalue weighted by Gasteiger charge is -2.13. The van der Waals surface area contributed by atoms with E-state index in [2.05, 4.69) is 30.4 Å². The van der Waals surface area contributed by atoms with Crippen molar-refractivity contribution in [2.75, 3.05) is 0 Å². The van der Waals surface area contributed by atoms with E-state index in [1.165, 1.54) is 5.56 Å². The zero-order valence-corrected chi connectivity index (χ0v) is 12.0. The van der Waals surface area contributed by atoms with Gasteiger partial charge in [0.15, 0.2) is 0 Å². The monoisotopic (exact) mass is 285 g/mol.